The summed E-state index contributed by atoms with van der Waals surface area (Å²) in [6.07, 6.45) is 0.677. The SMILES string of the molecule is COc1cccc(C(O)=C2C(=O)C(=O)N(CCCN(C)C)C2c2cccc(Oc3ccccc3)c2)c1. The molecule has 1 aliphatic heterocycles. The fourth-order valence-corrected chi connectivity index (χ4v) is 4.31. The molecule has 0 aromatic heterocycles. The second kappa shape index (κ2) is 11.1. The van der Waals surface area contributed by atoms with Crippen molar-refractivity contribution in [3.63, 3.8) is 0 Å². The maximum absolute atomic E-state index is 13.3. The van der Waals surface area contributed by atoms with Crippen molar-refractivity contribution in [3.8, 4) is 17.2 Å². The van der Waals surface area contributed by atoms with Crippen molar-refractivity contribution in [1.82, 2.24) is 9.80 Å². The summed E-state index contributed by atoms with van der Waals surface area (Å²) in [7, 11) is 5.44. The Hall–Kier alpha value is -4.10. The van der Waals surface area contributed by atoms with Crippen LogP contribution in [-0.4, -0.2) is 60.9 Å². The van der Waals surface area contributed by atoms with Gasteiger partial charge in [-0.1, -0.05) is 42.5 Å². The van der Waals surface area contributed by atoms with Gasteiger partial charge < -0.3 is 24.4 Å². The van der Waals surface area contributed by atoms with Crippen LogP contribution in [0.5, 0.6) is 17.2 Å². The zero-order valence-electron chi connectivity index (χ0n) is 20.7. The monoisotopic (exact) mass is 486 g/mol. The van der Waals surface area contributed by atoms with Crippen LogP contribution in [0.4, 0.5) is 0 Å². The molecular formula is C29H30N2O5. The van der Waals surface area contributed by atoms with Gasteiger partial charge in [0.05, 0.1) is 18.7 Å². The minimum Gasteiger partial charge on any atom is -0.507 e. The van der Waals surface area contributed by atoms with E-state index < -0.39 is 17.7 Å². The average Bonchev–Trinajstić information content (AvgIpc) is 3.14. The van der Waals surface area contributed by atoms with Gasteiger partial charge in [0, 0.05) is 12.1 Å². The maximum Gasteiger partial charge on any atom is 0.295 e. The lowest BCUT2D eigenvalue weighted by molar-refractivity contribution is -0.139. The van der Waals surface area contributed by atoms with Crippen molar-refractivity contribution < 1.29 is 24.2 Å². The molecule has 1 aliphatic rings. The number of hydrogen-bond donors (Lipinski definition) is 1. The Bertz CT molecular complexity index is 1270. The van der Waals surface area contributed by atoms with Crippen molar-refractivity contribution in [2.45, 2.75) is 12.5 Å². The number of carbonyl (C=O) groups is 2. The van der Waals surface area contributed by atoms with E-state index in [2.05, 4.69) is 0 Å². The number of aliphatic hydroxyl groups is 1. The van der Waals surface area contributed by atoms with Crippen molar-refractivity contribution in [2.24, 2.45) is 0 Å². The first kappa shape index (κ1) is 25.0. The summed E-state index contributed by atoms with van der Waals surface area (Å²) >= 11 is 0. The second-order valence-corrected chi connectivity index (χ2v) is 8.87. The summed E-state index contributed by atoms with van der Waals surface area (Å²) in [6, 6.07) is 22.7. The number of para-hydroxylation sites is 1. The molecule has 0 spiro atoms. The number of ether oxygens (including phenoxy) is 2. The standard InChI is InChI=1S/C29H30N2O5/c1-30(2)16-9-17-31-26(20-10-7-15-24(18-20)36-22-12-5-4-6-13-22)25(28(33)29(31)34)27(32)21-11-8-14-23(19-21)35-3/h4-8,10-15,18-19,26,32H,9,16-17H2,1-3H3. The highest BCUT2D eigenvalue weighted by atomic mass is 16.5. The van der Waals surface area contributed by atoms with Gasteiger partial charge in [-0.25, -0.2) is 0 Å². The predicted octanol–water partition coefficient (Wildman–Crippen LogP) is 4.86. The third-order valence-corrected chi connectivity index (χ3v) is 6.04. The quantitative estimate of drug-likeness (QED) is 0.264. The largest absolute Gasteiger partial charge is 0.507 e. The van der Waals surface area contributed by atoms with Gasteiger partial charge in [-0.05, 0) is 69.0 Å². The Kier molecular flexibility index (Phi) is 7.71. The highest BCUT2D eigenvalue weighted by molar-refractivity contribution is 6.46. The molecule has 36 heavy (non-hydrogen) atoms. The summed E-state index contributed by atoms with van der Waals surface area (Å²) in [6.45, 7) is 1.12. The lowest BCUT2D eigenvalue weighted by atomic mass is 9.95. The van der Waals surface area contributed by atoms with Crippen LogP contribution in [-0.2, 0) is 9.59 Å². The maximum atomic E-state index is 13.3. The van der Waals surface area contributed by atoms with E-state index in [1.165, 1.54) is 7.11 Å². The number of Topliss-reactive ketones (excluding diaryl/α,β-unsaturated/α-hetero) is 1. The first-order valence-corrected chi connectivity index (χ1v) is 11.8. The smallest absolute Gasteiger partial charge is 0.295 e. The lowest BCUT2D eigenvalue weighted by Gasteiger charge is -2.26. The van der Waals surface area contributed by atoms with Crippen LogP contribution < -0.4 is 9.47 Å². The van der Waals surface area contributed by atoms with E-state index in [1.807, 2.05) is 67.5 Å². The molecule has 1 heterocycles. The molecule has 0 bridgehead atoms. The van der Waals surface area contributed by atoms with E-state index >= 15 is 0 Å². The van der Waals surface area contributed by atoms with E-state index in [1.54, 1.807) is 35.2 Å². The van der Waals surface area contributed by atoms with E-state index in [9.17, 15) is 14.7 Å². The van der Waals surface area contributed by atoms with Gasteiger partial charge in [-0.3, -0.25) is 9.59 Å². The Morgan fingerprint density at radius 3 is 2.33 bits per heavy atom. The van der Waals surface area contributed by atoms with Crippen molar-refractivity contribution in [3.05, 3.63) is 95.6 Å². The Balaban J connectivity index is 1.78. The topological polar surface area (TPSA) is 79.3 Å². The lowest BCUT2D eigenvalue weighted by Crippen LogP contribution is -2.32. The molecule has 7 nitrogen and oxygen atoms in total. The molecule has 7 heteroatoms. The number of amides is 1. The van der Waals surface area contributed by atoms with Crippen molar-refractivity contribution >= 4 is 17.4 Å². The molecule has 3 aromatic carbocycles. The van der Waals surface area contributed by atoms with Gasteiger partial charge in [0.1, 0.15) is 23.0 Å². The molecule has 1 amide bonds. The van der Waals surface area contributed by atoms with Crippen molar-refractivity contribution in [1.29, 1.82) is 0 Å². The molecule has 0 saturated carbocycles. The number of aliphatic hydroxyl groups excluding tert-OH is 1. The molecule has 1 N–H and O–H groups in total. The highest BCUT2D eigenvalue weighted by Crippen LogP contribution is 2.41. The van der Waals surface area contributed by atoms with Gasteiger partial charge in [0.15, 0.2) is 0 Å². The van der Waals surface area contributed by atoms with Gasteiger partial charge in [0.25, 0.3) is 11.7 Å². The van der Waals surface area contributed by atoms with Crippen LogP contribution >= 0.6 is 0 Å². The van der Waals surface area contributed by atoms with Crippen LogP contribution in [0.1, 0.15) is 23.6 Å². The van der Waals surface area contributed by atoms with E-state index in [0.29, 0.717) is 41.3 Å². The van der Waals surface area contributed by atoms with Crippen molar-refractivity contribution in [2.75, 3.05) is 34.3 Å². The minimum absolute atomic E-state index is 0.0509. The van der Waals surface area contributed by atoms with E-state index in [0.717, 1.165) is 6.54 Å². The minimum atomic E-state index is -0.752. The summed E-state index contributed by atoms with van der Waals surface area (Å²) in [4.78, 5) is 30.0. The molecular weight excluding hydrogens is 456 g/mol. The average molecular weight is 487 g/mol. The highest BCUT2D eigenvalue weighted by Gasteiger charge is 2.46. The molecule has 1 unspecified atom stereocenters. The predicted molar refractivity (Wildman–Crippen MR) is 138 cm³/mol. The molecule has 0 aliphatic carbocycles. The third-order valence-electron chi connectivity index (χ3n) is 6.04. The summed E-state index contributed by atoms with van der Waals surface area (Å²) in [5.41, 5.74) is 1.13. The Morgan fingerprint density at radius 2 is 1.61 bits per heavy atom. The number of likely N-dealkylation sites (tertiary alicyclic amines) is 1. The van der Waals surface area contributed by atoms with E-state index in [4.69, 9.17) is 9.47 Å². The first-order chi connectivity index (χ1) is 17.4. The molecule has 3 aromatic rings. The van der Waals surface area contributed by atoms with Gasteiger partial charge >= 0.3 is 0 Å². The van der Waals surface area contributed by atoms with Crippen LogP contribution in [0.2, 0.25) is 0 Å². The van der Waals surface area contributed by atoms with E-state index in [-0.39, 0.29) is 11.3 Å². The number of ketones is 1. The molecule has 4 rings (SSSR count). The molecule has 1 fully saturated rings. The third kappa shape index (κ3) is 5.42. The zero-order valence-corrected chi connectivity index (χ0v) is 20.7. The molecule has 1 saturated heterocycles. The number of carbonyl (C=O) groups excluding carboxylic acids is 2. The van der Waals surface area contributed by atoms with Crippen LogP contribution in [0.15, 0.2) is 84.4 Å². The Labute approximate surface area is 211 Å². The number of nitrogens with zero attached hydrogens (tertiary/aromatic N) is 2. The molecule has 186 valence electrons. The Morgan fingerprint density at radius 1 is 0.917 bits per heavy atom. The van der Waals surface area contributed by atoms with Crippen LogP contribution in [0.25, 0.3) is 5.76 Å². The number of hydrogen-bond acceptors (Lipinski definition) is 6. The number of methoxy groups -OCH3 is 1. The fourth-order valence-electron chi connectivity index (χ4n) is 4.31. The molecule has 1 atom stereocenters. The fraction of sp³-hybridized carbons (Fsp3) is 0.241. The van der Waals surface area contributed by atoms with Crippen LogP contribution in [0, 0.1) is 0 Å². The summed E-state index contributed by atoms with van der Waals surface area (Å²) in [5.74, 6) is 0.206. The van der Waals surface area contributed by atoms with Gasteiger partial charge in [0.2, 0.25) is 0 Å². The first-order valence-electron chi connectivity index (χ1n) is 11.8. The summed E-state index contributed by atoms with van der Waals surface area (Å²) < 4.78 is 11.3. The van der Waals surface area contributed by atoms with Gasteiger partial charge in [-0.2, -0.15) is 0 Å². The second-order valence-electron chi connectivity index (χ2n) is 8.87. The van der Waals surface area contributed by atoms with Gasteiger partial charge in [-0.15, -0.1) is 0 Å². The zero-order chi connectivity index (χ0) is 25.7. The normalized spacial score (nSPS) is 17.0. The summed E-state index contributed by atoms with van der Waals surface area (Å²) in [5, 5.41) is 11.3. The molecule has 0 radical (unpaired) electrons. The number of rotatable bonds is 9. The van der Waals surface area contributed by atoms with Crippen LogP contribution in [0.3, 0.4) is 0 Å². The number of benzene rings is 3.